The van der Waals surface area contributed by atoms with Gasteiger partial charge in [-0.05, 0) is 5.56 Å². The van der Waals surface area contributed by atoms with Crippen LogP contribution in [0.3, 0.4) is 0 Å². The number of esters is 1. The van der Waals surface area contributed by atoms with E-state index in [9.17, 15) is 4.79 Å². The molecule has 0 spiro atoms. The second-order valence-electron chi connectivity index (χ2n) is 5.23. The Morgan fingerprint density at radius 2 is 1.41 bits per heavy atom. The van der Waals surface area contributed by atoms with Crippen molar-refractivity contribution in [2.45, 2.75) is 6.42 Å². The van der Waals surface area contributed by atoms with Gasteiger partial charge in [0.15, 0.2) is 11.5 Å². The number of rotatable bonds is 2. The molecule has 0 saturated carbocycles. The summed E-state index contributed by atoms with van der Waals surface area (Å²) in [7, 11) is 0. The van der Waals surface area contributed by atoms with E-state index in [0.717, 1.165) is 16.7 Å². The van der Waals surface area contributed by atoms with Gasteiger partial charge in [-0.15, -0.1) is 0 Å². The molecule has 2 aromatic rings. The summed E-state index contributed by atoms with van der Waals surface area (Å²) in [6.07, 6.45) is 0.682. The Kier molecular flexibility index (Phi) is 3.04. The molecule has 0 amide bonds. The van der Waals surface area contributed by atoms with E-state index in [1.165, 1.54) is 0 Å². The highest BCUT2D eigenvalue weighted by atomic mass is 16.6. The summed E-state index contributed by atoms with van der Waals surface area (Å²) in [4.78, 5) is 12.3. The third kappa shape index (κ3) is 2.02. The number of fused-ring (bicyclic) bond motifs is 1. The topological polar surface area (TPSA) is 35.5 Å². The van der Waals surface area contributed by atoms with Crippen LogP contribution in [0, 0.1) is 0 Å². The first-order valence-corrected chi connectivity index (χ1v) is 7.28. The molecule has 2 heterocycles. The molecule has 0 radical (unpaired) electrons. The van der Waals surface area contributed by atoms with Crippen LogP contribution in [0.2, 0.25) is 0 Å². The first kappa shape index (κ1) is 12.9. The zero-order valence-electron chi connectivity index (χ0n) is 11.9. The molecule has 4 rings (SSSR count). The van der Waals surface area contributed by atoms with Crippen molar-refractivity contribution in [3.05, 3.63) is 83.1 Å². The highest BCUT2D eigenvalue weighted by Crippen LogP contribution is 2.42. The standard InChI is InChI=1S/C19H14O3/c20-19-16(13-7-3-1-4-8-13)15-11-12-21-17(18(15)22-19)14-9-5-2-6-10-14/h1-10H,11-12H2. The van der Waals surface area contributed by atoms with Gasteiger partial charge in [-0.25, -0.2) is 4.79 Å². The Balaban J connectivity index is 1.89. The minimum Gasteiger partial charge on any atom is -0.489 e. The van der Waals surface area contributed by atoms with E-state index < -0.39 is 0 Å². The fourth-order valence-corrected chi connectivity index (χ4v) is 2.89. The van der Waals surface area contributed by atoms with E-state index in [1.807, 2.05) is 60.7 Å². The van der Waals surface area contributed by atoms with E-state index >= 15 is 0 Å². The first-order chi connectivity index (χ1) is 10.8. The molecule has 22 heavy (non-hydrogen) atoms. The van der Waals surface area contributed by atoms with Crippen LogP contribution in [0.25, 0.3) is 11.3 Å². The number of ether oxygens (including phenoxy) is 2. The van der Waals surface area contributed by atoms with Crippen molar-refractivity contribution in [3.8, 4) is 0 Å². The lowest BCUT2D eigenvalue weighted by atomic mass is 9.96. The average molecular weight is 290 g/mol. The molecule has 2 aromatic carbocycles. The largest absolute Gasteiger partial charge is 0.489 e. The van der Waals surface area contributed by atoms with Crippen molar-refractivity contribution < 1.29 is 14.3 Å². The minimum atomic E-state index is -0.296. The van der Waals surface area contributed by atoms with Gasteiger partial charge in [0.2, 0.25) is 0 Å². The van der Waals surface area contributed by atoms with Crippen LogP contribution in [0.5, 0.6) is 0 Å². The Morgan fingerprint density at radius 3 is 2.09 bits per heavy atom. The van der Waals surface area contributed by atoms with Crippen LogP contribution in [0.1, 0.15) is 17.5 Å². The lowest BCUT2D eigenvalue weighted by molar-refractivity contribution is -0.131. The van der Waals surface area contributed by atoms with E-state index in [2.05, 4.69) is 0 Å². The monoisotopic (exact) mass is 290 g/mol. The Hall–Kier alpha value is -2.81. The average Bonchev–Trinajstić information content (AvgIpc) is 2.92. The van der Waals surface area contributed by atoms with Gasteiger partial charge < -0.3 is 9.47 Å². The number of hydrogen-bond acceptors (Lipinski definition) is 3. The number of carbonyl (C=O) groups excluding carboxylic acids is 1. The molecule has 0 unspecified atom stereocenters. The summed E-state index contributed by atoms with van der Waals surface area (Å²) in [5.74, 6) is 0.928. The summed E-state index contributed by atoms with van der Waals surface area (Å²) in [6.45, 7) is 0.552. The maximum atomic E-state index is 12.3. The van der Waals surface area contributed by atoms with Gasteiger partial charge in [-0.1, -0.05) is 60.7 Å². The second-order valence-corrected chi connectivity index (χ2v) is 5.23. The molecule has 0 fully saturated rings. The normalized spacial score (nSPS) is 17.2. The smallest absolute Gasteiger partial charge is 0.344 e. The molecule has 3 heteroatoms. The van der Waals surface area contributed by atoms with Gasteiger partial charge in [0.1, 0.15) is 0 Å². The summed E-state index contributed by atoms with van der Waals surface area (Å²) in [6, 6.07) is 19.4. The lowest BCUT2D eigenvalue weighted by Crippen LogP contribution is -2.08. The zero-order valence-corrected chi connectivity index (χ0v) is 11.9. The molecule has 0 aliphatic carbocycles. The van der Waals surface area contributed by atoms with Crippen LogP contribution >= 0.6 is 0 Å². The van der Waals surface area contributed by atoms with Gasteiger partial charge in [0.25, 0.3) is 0 Å². The molecule has 108 valence electrons. The van der Waals surface area contributed by atoms with Crippen LogP contribution in [0.15, 0.2) is 72.0 Å². The van der Waals surface area contributed by atoms with Crippen molar-refractivity contribution in [2.24, 2.45) is 0 Å². The van der Waals surface area contributed by atoms with Gasteiger partial charge >= 0.3 is 5.97 Å². The van der Waals surface area contributed by atoms with Gasteiger partial charge in [0.05, 0.1) is 12.2 Å². The number of benzene rings is 2. The first-order valence-electron chi connectivity index (χ1n) is 7.28. The van der Waals surface area contributed by atoms with Crippen LogP contribution in [-0.2, 0) is 14.3 Å². The summed E-state index contributed by atoms with van der Waals surface area (Å²) < 4.78 is 11.3. The maximum absolute atomic E-state index is 12.3. The molecular weight excluding hydrogens is 276 g/mol. The van der Waals surface area contributed by atoms with Crippen molar-refractivity contribution in [1.82, 2.24) is 0 Å². The van der Waals surface area contributed by atoms with Gasteiger partial charge in [-0.3, -0.25) is 0 Å². The van der Waals surface area contributed by atoms with Crippen molar-refractivity contribution in [2.75, 3.05) is 6.61 Å². The molecule has 3 nitrogen and oxygen atoms in total. The van der Waals surface area contributed by atoms with E-state index in [-0.39, 0.29) is 5.97 Å². The Labute approximate surface area is 128 Å². The predicted molar refractivity (Wildman–Crippen MR) is 83.4 cm³/mol. The summed E-state index contributed by atoms with van der Waals surface area (Å²) in [5.41, 5.74) is 3.43. The SMILES string of the molecule is O=C1OC2=C(c3ccccc3)OCCC2=C1c1ccccc1. The fourth-order valence-electron chi connectivity index (χ4n) is 2.89. The fraction of sp³-hybridized carbons (Fsp3) is 0.105. The number of hydrogen-bond donors (Lipinski definition) is 0. The third-order valence-corrected chi connectivity index (χ3v) is 3.88. The molecule has 0 saturated heterocycles. The maximum Gasteiger partial charge on any atom is 0.344 e. The van der Waals surface area contributed by atoms with Crippen molar-refractivity contribution in [1.29, 1.82) is 0 Å². The van der Waals surface area contributed by atoms with Crippen molar-refractivity contribution in [3.63, 3.8) is 0 Å². The summed E-state index contributed by atoms with van der Waals surface area (Å²) in [5, 5.41) is 0. The van der Waals surface area contributed by atoms with Gasteiger partial charge in [0, 0.05) is 17.6 Å². The summed E-state index contributed by atoms with van der Waals surface area (Å²) >= 11 is 0. The van der Waals surface area contributed by atoms with E-state index in [1.54, 1.807) is 0 Å². The third-order valence-electron chi connectivity index (χ3n) is 3.88. The van der Waals surface area contributed by atoms with E-state index in [0.29, 0.717) is 30.1 Å². The molecule has 0 atom stereocenters. The molecule has 0 bridgehead atoms. The minimum absolute atomic E-state index is 0.296. The zero-order chi connectivity index (χ0) is 14.9. The van der Waals surface area contributed by atoms with Crippen LogP contribution in [-0.4, -0.2) is 12.6 Å². The lowest BCUT2D eigenvalue weighted by Gasteiger charge is -2.19. The number of allylic oxidation sites excluding steroid dienone is 1. The molecule has 2 aliphatic heterocycles. The predicted octanol–water partition coefficient (Wildman–Crippen LogP) is 3.79. The van der Waals surface area contributed by atoms with Crippen LogP contribution in [0.4, 0.5) is 0 Å². The van der Waals surface area contributed by atoms with Crippen LogP contribution < -0.4 is 0 Å². The molecule has 2 aliphatic rings. The quantitative estimate of drug-likeness (QED) is 0.789. The highest BCUT2D eigenvalue weighted by molar-refractivity contribution is 6.21. The van der Waals surface area contributed by atoms with Gasteiger partial charge in [-0.2, -0.15) is 0 Å². The molecule has 0 aromatic heterocycles. The molecular formula is C19H14O3. The molecule has 0 N–H and O–H groups in total. The Bertz CT molecular complexity index is 786. The van der Waals surface area contributed by atoms with E-state index in [4.69, 9.17) is 9.47 Å². The Morgan fingerprint density at radius 1 is 0.773 bits per heavy atom. The highest BCUT2D eigenvalue weighted by Gasteiger charge is 2.36. The van der Waals surface area contributed by atoms with Crippen molar-refractivity contribution >= 4 is 17.3 Å². The second kappa shape index (κ2) is 5.19. The number of carbonyl (C=O) groups is 1.